The molecule has 5 heterocycles. The number of alkyl halides is 3. The van der Waals surface area contributed by atoms with Crippen LogP contribution in [0.2, 0.25) is 0 Å². The summed E-state index contributed by atoms with van der Waals surface area (Å²) in [5.41, 5.74) is 17.0. The van der Waals surface area contributed by atoms with Gasteiger partial charge >= 0.3 is 25.7 Å². The van der Waals surface area contributed by atoms with Gasteiger partial charge in [-0.25, -0.2) is 4.98 Å². The molecule has 0 aliphatic carbocycles. The SMILES string of the molecule is CC(C)(C)c1ccc(N(c2ccc(N(c3ccc(N(c4ccc(C(C)(C)C)cc4)c4ccc(C(C)(C)C)cc4)cc3)c3ccnc(-c4cc(C(F)(F)F)n[n-]4)c3)cc2)c2ccc(C(C)(C)C)cc2)cc1.O=CO/C=C/c1ccnc(-c2cc(/C=C/OC=O)cc(-c3cc(/C=C/OC=O)ccn3)n2)c1.[N-]=C=S.[Ru+2]. The number of halogens is 3. The van der Waals surface area contributed by atoms with Gasteiger partial charge in [-0.3, -0.25) is 29.3 Å². The van der Waals surface area contributed by atoms with Crippen LogP contribution in [0.4, 0.5) is 64.4 Å². The van der Waals surface area contributed by atoms with E-state index < -0.39 is 11.9 Å². The Bertz CT molecular complexity index is 4560. The summed E-state index contributed by atoms with van der Waals surface area (Å²) in [6.45, 7) is 27.6. The van der Waals surface area contributed by atoms with Crippen LogP contribution in [0.3, 0.4) is 0 Å². The van der Waals surface area contributed by atoms with E-state index in [4.69, 9.17) is 5.41 Å². The Kier molecular flexibility index (Phi) is 27.2. The number of ether oxygens (including phenoxy) is 3. The number of isothiocyanates is 1. The number of hydrogen-bond acceptors (Lipinski definition) is 15. The van der Waals surface area contributed by atoms with Crippen molar-refractivity contribution in [3.05, 3.63) is 288 Å². The normalized spacial score (nSPS) is 11.7. The van der Waals surface area contributed by atoms with E-state index in [2.05, 4.69) is 300 Å². The topological polar surface area (TPSA) is 189 Å². The van der Waals surface area contributed by atoms with Gasteiger partial charge in [0.2, 0.25) is 0 Å². The van der Waals surface area contributed by atoms with E-state index in [1.165, 1.54) is 46.2 Å². The number of carbonyl (C=O) groups excluding carboxylic acids is 3. The molecule has 16 nitrogen and oxygen atoms in total. The maximum atomic E-state index is 13.7. The predicted octanol–water partition coefficient (Wildman–Crippen LogP) is 22.0. The van der Waals surface area contributed by atoms with Crippen molar-refractivity contribution >= 4 is 106 Å². The molecule has 0 saturated heterocycles. The molecular formula is C86H81F3N10O6RuS. The smallest absolute Gasteiger partial charge is 0.753 e. The Morgan fingerprint density at radius 3 is 0.944 bits per heavy atom. The number of hydrogen-bond donors (Lipinski definition) is 0. The first kappa shape index (κ1) is 81.0. The first-order chi connectivity index (χ1) is 50.5. The molecule has 21 heteroatoms. The molecule has 0 amide bonds. The number of rotatable bonds is 21. The summed E-state index contributed by atoms with van der Waals surface area (Å²) in [6.07, 6.45) is 8.77. The average Bonchev–Trinajstić information content (AvgIpc) is 1.16. The van der Waals surface area contributed by atoms with Crippen LogP contribution in [0.25, 0.3) is 57.8 Å². The van der Waals surface area contributed by atoms with Gasteiger partial charge in [-0.2, -0.15) is 18.3 Å². The van der Waals surface area contributed by atoms with E-state index in [1.807, 2.05) is 6.07 Å². The number of nitrogens with zero attached hydrogens (tertiary/aromatic N) is 10. The van der Waals surface area contributed by atoms with Crippen LogP contribution in [-0.2, 0) is 75.9 Å². The number of pyridine rings is 4. The van der Waals surface area contributed by atoms with Crippen LogP contribution >= 0.6 is 12.2 Å². The van der Waals surface area contributed by atoms with Crippen molar-refractivity contribution in [2.24, 2.45) is 0 Å². The van der Waals surface area contributed by atoms with Crippen LogP contribution < -0.4 is 19.8 Å². The molecule has 107 heavy (non-hydrogen) atoms. The van der Waals surface area contributed by atoms with Gasteiger partial charge in [-0.15, -0.1) is 0 Å². The quantitative estimate of drug-likeness (QED) is 0.0165. The zero-order valence-electron chi connectivity index (χ0n) is 61.3. The van der Waals surface area contributed by atoms with Gasteiger partial charge in [0.05, 0.1) is 47.3 Å². The summed E-state index contributed by atoms with van der Waals surface area (Å²) < 4.78 is 54.9. The van der Waals surface area contributed by atoms with Crippen LogP contribution in [-0.4, -0.2) is 49.6 Å². The third kappa shape index (κ3) is 21.8. The maximum absolute atomic E-state index is 13.7. The van der Waals surface area contributed by atoms with Gasteiger partial charge in [0, 0.05) is 69.8 Å². The molecule has 11 aromatic rings. The fourth-order valence-electron chi connectivity index (χ4n) is 11.3. The first-order valence-corrected chi connectivity index (χ1v) is 34.2. The van der Waals surface area contributed by atoms with Crippen LogP contribution in [0.1, 0.15) is 128 Å². The number of benzene rings is 6. The number of anilines is 9. The van der Waals surface area contributed by atoms with Crippen molar-refractivity contribution in [1.29, 1.82) is 0 Å². The van der Waals surface area contributed by atoms with Crippen LogP contribution in [0.5, 0.6) is 0 Å². The van der Waals surface area contributed by atoms with E-state index in [0.717, 1.165) is 62.7 Å². The van der Waals surface area contributed by atoms with E-state index >= 15 is 0 Å². The number of thiocarbonyl (C=S) groups is 1. The fourth-order valence-corrected chi connectivity index (χ4v) is 11.3. The zero-order chi connectivity index (χ0) is 76.4. The first-order valence-electron chi connectivity index (χ1n) is 33.8. The third-order valence-electron chi connectivity index (χ3n) is 16.9. The summed E-state index contributed by atoms with van der Waals surface area (Å²) in [4.78, 5) is 55.6. The maximum Gasteiger partial charge on any atom is 2.00 e. The standard InChI is InChI=1S/C61H64F3N6.C24H17N3O6.CNS.Ru/c1-57(2,3)41-13-21-45(22-14-41)68(46-23-15-42(16-24-46)58(4,5)6)49-29-33-51(34-30-49)70(53-37-38-65-54(39-53)55-40-56(67-66-55)61(62,63)64)52-35-31-50(32-36-52)69(47-25-17-43(18-26-47)59(7,8)9)48-27-19-44(20-28-48)60(10,11)12;28-15-31-8-3-18-1-6-25-21(11-18)23-13-20(5-10-33-17-30)14-24(27-23)22-12-19(2-7-26-22)4-9-32-16-29;2-1-3;/h13-40H,1-12H3;1-17H;;/q-1;;-1;+2/b;8-3+,9-4+,10-5+;;. The van der Waals surface area contributed by atoms with E-state index in [9.17, 15) is 27.6 Å². The molecule has 0 fully saturated rings. The van der Waals surface area contributed by atoms with Crippen molar-refractivity contribution in [1.82, 2.24) is 30.1 Å². The van der Waals surface area contributed by atoms with Gasteiger partial charge < -0.3 is 44.5 Å². The van der Waals surface area contributed by atoms with E-state index in [1.54, 1.807) is 79.3 Å². The molecule has 11 rings (SSSR count). The van der Waals surface area contributed by atoms with E-state index in [0.29, 0.717) is 53.4 Å². The molecular weight excluding hydrogens is 1460 g/mol. The summed E-state index contributed by atoms with van der Waals surface area (Å²) in [5.74, 6) is 0. The summed E-state index contributed by atoms with van der Waals surface area (Å²) in [7, 11) is 0. The monoisotopic (exact) mass is 1540 g/mol. The Hall–Kier alpha value is -11.6. The molecule has 0 aliphatic heterocycles. The second kappa shape index (κ2) is 35.9. The molecule has 0 radical (unpaired) electrons. The fraction of sp³-hybridized carbons (Fsp3) is 0.198. The number of aromatic nitrogens is 6. The molecule has 0 bridgehead atoms. The second-order valence-corrected chi connectivity index (χ2v) is 28.7. The Morgan fingerprint density at radius 1 is 0.383 bits per heavy atom. The van der Waals surface area contributed by atoms with Crippen molar-refractivity contribution in [2.45, 2.75) is 111 Å². The Balaban J connectivity index is 0.000000326. The molecule has 0 atom stereocenters. The average molecular weight is 1540 g/mol. The molecule has 0 N–H and O–H groups in total. The van der Waals surface area contributed by atoms with E-state index in [-0.39, 0.29) is 52.5 Å². The van der Waals surface area contributed by atoms with Crippen LogP contribution in [0.15, 0.2) is 238 Å². The summed E-state index contributed by atoms with van der Waals surface area (Å²) in [5, 5.41) is 15.8. The molecule has 6 aromatic carbocycles. The minimum atomic E-state index is -4.63. The molecule has 0 spiro atoms. The minimum Gasteiger partial charge on any atom is -0.753 e. The Morgan fingerprint density at radius 2 is 0.654 bits per heavy atom. The molecule has 0 unspecified atom stereocenters. The van der Waals surface area contributed by atoms with Gasteiger partial charge in [0.25, 0.3) is 19.4 Å². The Labute approximate surface area is 641 Å². The van der Waals surface area contributed by atoms with Crippen molar-refractivity contribution in [3.63, 3.8) is 0 Å². The molecule has 5 aromatic heterocycles. The summed E-state index contributed by atoms with van der Waals surface area (Å²) >= 11 is 3.70. The molecule has 546 valence electrons. The molecule has 0 aliphatic rings. The number of carbonyl (C=O) groups is 3. The summed E-state index contributed by atoms with van der Waals surface area (Å²) in [6, 6.07) is 66.9. The third-order valence-corrected chi connectivity index (χ3v) is 16.9. The van der Waals surface area contributed by atoms with Crippen molar-refractivity contribution in [3.8, 4) is 34.2 Å². The van der Waals surface area contributed by atoms with Gasteiger partial charge in [-0.05, 0) is 230 Å². The van der Waals surface area contributed by atoms with Crippen molar-refractivity contribution in [2.75, 3.05) is 14.7 Å². The minimum absolute atomic E-state index is 0. The largest absolute Gasteiger partial charge is 2.00 e. The molecule has 0 saturated carbocycles. The second-order valence-electron chi connectivity index (χ2n) is 28.6. The predicted molar refractivity (Wildman–Crippen MR) is 420 cm³/mol. The van der Waals surface area contributed by atoms with Crippen molar-refractivity contribution < 1.29 is 61.2 Å². The van der Waals surface area contributed by atoms with Crippen LogP contribution in [0, 0.1) is 0 Å². The zero-order valence-corrected chi connectivity index (χ0v) is 63.9. The van der Waals surface area contributed by atoms with Gasteiger partial charge in [-0.1, -0.05) is 150 Å². The van der Waals surface area contributed by atoms with Gasteiger partial charge in [0.1, 0.15) is 5.69 Å². The van der Waals surface area contributed by atoms with Gasteiger partial charge in [0.15, 0.2) is 0 Å².